The molecule has 7 heteroatoms. The molecule has 138 valence electrons. The summed E-state index contributed by atoms with van der Waals surface area (Å²) in [4.78, 5) is 19.1. The van der Waals surface area contributed by atoms with E-state index in [4.69, 9.17) is 20.8 Å². The van der Waals surface area contributed by atoms with Crippen LogP contribution in [0.1, 0.15) is 12.5 Å². The number of hydrogen-bond acceptors (Lipinski definition) is 4. The lowest BCUT2D eigenvalue weighted by Crippen LogP contribution is -2.37. The van der Waals surface area contributed by atoms with Crippen molar-refractivity contribution in [2.45, 2.75) is 19.6 Å². The highest BCUT2D eigenvalue weighted by Crippen LogP contribution is 2.37. The normalized spacial score (nSPS) is 12.6. The van der Waals surface area contributed by atoms with Crippen LogP contribution in [0.15, 0.2) is 72.8 Å². The quantitative estimate of drug-likeness (QED) is 0.298. The van der Waals surface area contributed by atoms with Crippen LogP contribution in [0.5, 0.6) is 5.75 Å². The molecule has 0 aromatic heterocycles. The molecule has 2 atom stereocenters. The minimum atomic E-state index is -2.45. The van der Waals surface area contributed by atoms with E-state index in [1.165, 1.54) is 6.92 Å². The van der Waals surface area contributed by atoms with Crippen molar-refractivity contribution in [3.63, 3.8) is 0 Å². The fourth-order valence-corrected chi connectivity index (χ4v) is 3.57. The fourth-order valence-electron chi connectivity index (χ4n) is 2.56. The summed E-state index contributed by atoms with van der Waals surface area (Å²) in [7, 11) is -2.45. The lowest BCUT2D eigenvalue weighted by atomic mass is 10.1. The SMILES string of the molecule is CC(C(=O)OCc1ccccc1)N(Oc1cccc2ccccc12)[P+](=O)Cl. The molecule has 27 heavy (non-hydrogen) atoms. The average molecular weight is 403 g/mol. The molecule has 0 aliphatic rings. The van der Waals surface area contributed by atoms with Crippen molar-refractivity contribution in [2.75, 3.05) is 0 Å². The molecule has 3 rings (SSSR count). The number of rotatable bonds is 7. The van der Waals surface area contributed by atoms with Crippen LogP contribution in [0.3, 0.4) is 0 Å². The Bertz CT molecular complexity index is 946. The van der Waals surface area contributed by atoms with Crippen LogP contribution < -0.4 is 4.84 Å². The van der Waals surface area contributed by atoms with Crippen molar-refractivity contribution in [3.05, 3.63) is 78.4 Å². The van der Waals surface area contributed by atoms with Gasteiger partial charge in [-0.3, -0.25) is 4.79 Å². The first-order valence-corrected chi connectivity index (χ1v) is 10.5. The Hall–Kier alpha value is -2.46. The van der Waals surface area contributed by atoms with E-state index in [2.05, 4.69) is 0 Å². The van der Waals surface area contributed by atoms with E-state index in [-0.39, 0.29) is 6.61 Å². The second kappa shape index (κ2) is 8.96. The topological polar surface area (TPSA) is 55.8 Å². The van der Waals surface area contributed by atoms with Crippen LogP contribution in [0, 0.1) is 0 Å². The molecule has 0 saturated carbocycles. The van der Waals surface area contributed by atoms with Crippen molar-refractivity contribution >= 4 is 35.3 Å². The van der Waals surface area contributed by atoms with E-state index >= 15 is 0 Å². The molecule has 0 heterocycles. The van der Waals surface area contributed by atoms with Gasteiger partial charge in [-0.15, -0.1) is 0 Å². The second-order valence-corrected chi connectivity index (χ2v) is 7.58. The lowest BCUT2D eigenvalue weighted by molar-refractivity contribution is -0.155. The smallest absolute Gasteiger partial charge is 0.459 e. The third-order valence-electron chi connectivity index (χ3n) is 3.99. The monoisotopic (exact) mass is 402 g/mol. The first-order chi connectivity index (χ1) is 13.1. The van der Waals surface area contributed by atoms with Gasteiger partial charge in [0.25, 0.3) is 0 Å². The van der Waals surface area contributed by atoms with E-state index in [9.17, 15) is 9.36 Å². The molecule has 0 bridgehead atoms. The molecule has 0 N–H and O–H groups in total. The number of ether oxygens (including phenoxy) is 1. The molecule has 5 nitrogen and oxygen atoms in total. The zero-order chi connectivity index (χ0) is 19.2. The Kier molecular flexibility index (Phi) is 6.40. The average Bonchev–Trinajstić information content (AvgIpc) is 2.70. The standard InChI is InChI=1S/C20H18ClNO4P/c1-15(20(23)25-14-16-8-3-2-4-9-16)22(27(21)24)26-19-13-7-11-17-10-5-6-12-18(17)19/h2-13,15H,14H2,1H3/q+1. The zero-order valence-corrected chi connectivity index (χ0v) is 16.3. The number of esters is 1. The van der Waals surface area contributed by atoms with Gasteiger partial charge in [0.15, 0.2) is 11.8 Å². The molecule has 3 aromatic carbocycles. The van der Waals surface area contributed by atoms with Gasteiger partial charge in [0.05, 0.1) is 0 Å². The molecule has 3 aromatic rings. The molecule has 0 radical (unpaired) electrons. The van der Waals surface area contributed by atoms with Crippen molar-refractivity contribution in [1.82, 2.24) is 4.83 Å². The molecule has 0 amide bonds. The number of benzene rings is 3. The summed E-state index contributed by atoms with van der Waals surface area (Å²) < 4.78 is 17.3. The summed E-state index contributed by atoms with van der Waals surface area (Å²) in [5, 5.41) is 1.78. The van der Waals surface area contributed by atoms with Gasteiger partial charge in [0, 0.05) is 5.39 Å². The van der Waals surface area contributed by atoms with Gasteiger partial charge in [-0.2, -0.15) is 0 Å². The fraction of sp³-hybridized carbons (Fsp3) is 0.150. The van der Waals surface area contributed by atoms with Crippen molar-refractivity contribution in [2.24, 2.45) is 0 Å². The first-order valence-electron chi connectivity index (χ1n) is 8.35. The highest BCUT2D eigenvalue weighted by molar-refractivity contribution is 7.71. The first kappa shape index (κ1) is 19.3. The maximum Gasteiger partial charge on any atom is 0.593 e. The van der Waals surface area contributed by atoms with E-state index < -0.39 is 19.3 Å². The maximum atomic E-state index is 12.4. The van der Waals surface area contributed by atoms with Gasteiger partial charge in [-0.25, -0.2) is 0 Å². The van der Waals surface area contributed by atoms with Crippen LogP contribution >= 0.6 is 18.5 Å². The Balaban J connectivity index is 1.74. The van der Waals surface area contributed by atoms with E-state index in [0.717, 1.165) is 21.2 Å². The van der Waals surface area contributed by atoms with Crippen LogP contribution in [-0.4, -0.2) is 16.8 Å². The van der Waals surface area contributed by atoms with E-state index in [0.29, 0.717) is 5.75 Å². The molecule has 2 unspecified atom stereocenters. The summed E-state index contributed by atoms with van der Waals surface area (Å²) in [5.41, 5.74) is 0.856. The molecule has 0 aliphatic carbocycles. The van der Waals surface area contributed by atoms with Crippen LogP contribution in [0.4, 0.5) is 0 Å². The number of nitrogens with zero attached hydrogens (tertiary/aromatic N) is 1. The summed E-state index contributed by atoms with van der Waals surface area (Å²) in [5.74, 6) is -0.122. The molecular formula is C20H18ClNO4P+. The van der Waals surface area contributed by atoms with Gasteiger partial charge < -0.3 is 9.57 Å². The van der Waals surface area contributed by atoms with Crippen LogP contribution in [0.2, 0.25) is 0 Å². The molecule has 0 saturated heterocycles. The van der Waals surface area contributed by atoms with Crippen LogP contribution in [0.25, 0.3) is 10.8 Å². The number of hydroxylamine groups is 1. The molecule has 0 aliphatic heterocycles. The van der Waals surface area contributed by atoms with Gasteiger partial charge >= 0.3 is 13.3 Å². The number of halogens is 1. The predicted molar refractivity (Wildman–Crippen MR) is 106 cm³/mol. The Morgan fingerprint density at radius 2 is 1.70 bits per heavy atom. The maximum absolute atomic E-state index is 12.4. The minimum Gasteiger partial charge on any atom is -0.459 e. The van der Waals surface area contributed by atoms with Crippen molar-refractivity contribution in [3.8, 4) is 5.75 Å². The molecule has 0 spiro atoms. The predicted octanol–water partition coefficient (Wildman–Crippen LogP) is 5.46. The Labute approximate surface area is 163 Å². The van der Waals surface area contributed by atoms with E-state index in [1.807, 2.05) is 66.7 Å². The zero-order valence-electron chi connectivity index (χ0n) is 14.6. The molecule has 0 fully saturated rings. The molecular weight excluding hydrogens is 385 g/mol. The Morgan fingerprint density at radius 3 is 2.44 bits per heavy atom. The lowest BCUT2D eigenvalue weighted by Gasteiger charge is -2.17. The third-order valence-corrected chi connectivity index (χ3v) is 5.18. The number of carbonyl (C=O) groups is 1. The summed E-state index contributed by atoms with van der Waals surface area (Å²) in [6, 6.07) is 21.4. The number of hydrogen-bond donors (Lipinski definition) is 0. The van der Waals surface area contributed by atoms with Gasteiger partial charge in [0.2, 0.25) is 11.2 Å². The van der Waals surface area contributed by atoms with Gasteiger partial charge in [-0.1, -0.05) is 66.7 Å². The van der Waals surface area contributed by atoms with Crippen molar-refractivity contribution in [1.29, 1.82) is 0 Å². The summed E-state index contributed by atoms with van der Waals surface area (Å²) >= 11 is 5.80. The number of fused-ring (bicyclic) bond motifs is 1. The van der Waals surface area contributed by atoms with Crippen molar-refractivity contribution < 1.29 is 18.9 Å². The van der Waals surface area contributed by atoms with Gasteiger partial charge in [-0.05, 0) is 28.5 Å². The van der Waals surface area contributed by atoms with Crippen LogP contribution in [-0.2, 0) is 20.7 Å². The number of carbonyl (C=O) groups excluding carboxylic acids is 1. The second-order valence-electron chi connectivity index (χ2n) is 5.87. The largest absolute Gasteiger partial charge is 0.593 e. The summed E-state index contributed by atoms with van der Waals surface area (Å²) in [6.07, 6.45) is 0. The third kappa shape index (κ3) is 4.83. The highest BCUT2D eigenvalue weighted by atomic mass is 35.7. The van der Waals surface area contributed by atoms with Gasteiger partial charge in [0.1, 0.15) is 11.4 Å². The Morgan fingerprint density at radius 1 is 1.04 bits per heavy atom. The summed E-state index contributed by atoms with van der Waals surface area (Å²) in [6.45, 7) is 1.65. The minimum absolute atomic E-state index is 0.116. The highest BCUT2D eigenvalue weighted by Gasteiger charge is 2.40. The van der Waals surface area contributed by atoms with E-state index in [1.54, 1.807) is 6.07 Å².